The van der Waals surface area contributed by atoms with Crippen LogP contribution in [0.5, 0.6) is 5.75 Å². The van der Waals surface area contributed by atoms with E-state index < -0.39 is 5.54 Å². The van der Waals surface area contributed by atoms with Crippen LogP contribution in [0.25, 0.3) is 0 Å². The first-order chi connectivity index (χ1) is 10.8. The molecule has 130 valence electrons. The summed E-state index contributed by atoms with van der Waals surface area (Å²) >= 11 is 0. The molecule has 0 bridgehead atoms. The lowest BCUT2D eigenvalue weighted by molar-refractivity contribution is 0.199. The summed E-state index contributed by atoms with van der Waals surface area (Å²) in [4.78, 5) is 12.2. The quantitative estimate of drug-likeness (QED) is 0.687. The normalized spacial score (nSPS) is 14.9. The molecule has 2 amide bonds. The van der Waals surface area contributed by atoms with Gasteiger partial charge in [-0.25, -0.2) is 4.79 Å². The van der Waals surface area contributed by atoms with Crippen LogP contribution < -0.4 is 15.4 Å². The third-order valence-corrected chi connectivity index (χ3v) is 3.94. The topological polar surface area (TPSA) is 70.6 Å². The van der Waals surface area contributed by atoms with Crippen molar-refractivity contribution in [1.82, 2.24) is 10.6 Å². The minimum Gasteiger partial charge on any atom is -0.491 e. The van der Waals surface area contributed by atoms with E-state index in [1.807, 2.05) is 58.9 Å². The largest absolute Gasteiger partial charge is 0.491 e. The van der Waals surface area contributed by atoms with E-state index in [2.05, 4.69) is 10.6 Å². The van der Waals surface area contributed by atoms with Crippen molar-refractivity contribution >= 4 is 6.03 Å². The fourth-order valence-electron chi connectivity index (χ4n) is 2.29. The SMILES string of the molecule is CCC(C)(CCO)NC(=O)NC(C)c1cccc(OC(C)C)c1. The summed E-state index contributed by atoms with van der Waals surface area (Å²) in [5.41, 5.74) is 0.583. The molecule has 0 radical (unpaired) electrons. The van der Waals surface area contributed by atoms with Crippen molar-refractivity contribution < 1.29 is 14.6 Å². The molecule has 0 aliphatic carbocycles. The van der Waals surface area contributed by atoms with Crippen molar-refractivity contribution in [3.8, 4) is 5.75 Å². The van der Waals surface area contributed by atoms with E-state index >= 15 is 0 Å². The zero-order valence-corrected chi connectivity index (χ0v) is 14.8. The molecule has 1 aromatic rings. The molecule has 0 heterocycles. The number of nitrogens with one attached hydrogen (secondary N) is 2. The second kappa shape index (κ2) is 8.77. The molecule has 2 unspecified atom stereocenters. The number of hydrogen-bond donors (Lipinski definition) is 3. The molecule has 3 N–H and O–H groups in total. The number of benzene rings is 1. The maximum absolute atomic E-state index is 12.2. The van der Waals surface area contributed by atoms with Crippen molar-refractivity contribution in [2.75, 3.05) is 6.61 Å². The fourth-order valence-corrected chi connectivity index (χ4v) is 2.29. The average molecular weight is 322 g/mol. The lowest BCUT2D eigenvalue weighted by Gasteiger charge is -2.30. The monoisotopic (exact) mass is 322 g/mol. The first-order valence-electron chi connectivity index (χ1n) is 8.26. The molecule has 23 heavy (non-hydrogen) atoms. The lowest BCUT2D eigenvalue weighted by Crippen LogP contribution is -2.50. The average Bonchev–Trinajstić information content (AvgIpc) is 2.46. The standard InChI is InChI=1S/C18H30N2O3/c1-6-18(5,10-11-21)20-17(22)19-14(4)15-8-7-9-16(12-15)23-13(2)3/h7-9,12-14,21H,6,10-11H2,1-5H3,(H2,19,20,22). The number of aliphatic hydroxyl groups excluding tert-OH is 1. The number of urea groups is 1. The van der Waals surface area contributed by atoms with E-state index in [-0.39, 0.29) is 24.8 Å². The van der Waals surface area contributed by atoms with Gasteiger partial charge in [-0.2, -0.15) is 0 Å². The number of carbonyl (C=O) groups is 1. The third kappa shape index (κ3) is 6.48. The molecule has 1 aromatic carbocycles. The zero-order valence-electron chi connectivity index (χ0n) is 14.8. The van der Waals surface area contributed by atoms with Gasteiger partial charge in [0.25, 0.3) is 0 Å². The predicted octanol–water partition coefficient (Wildman–Crippen LogP) is 3.39. The molecular formula is C18H30N2O3. The van der Waals surface area contributed by atoms with Gasteiger partial charge < -0.3 is 20.5 Å². The van der Waals surface area contributed by atoms with Gasteiger partial charge in [0.2, 0.25) is 0 Å². The van der Waals surface area contributed by atoms with Crippen LogP contribution in [0.2, 0.25) is 0 Å². The van der Waals surface area contributed by atoms with Gasteiger partial charge >= 0.3 is 6.03 Å². The molecule has 2 atom stereocenters. The van der Waals surface area contributed by atoms with Crippen LogP contribution in [0, 0.1) is 0 Å². The summed E-state index contributed by atoms with van der Waals surface area (Å²) < 4.78 is 5.68. The van der Waals surface area contributed by atoms with E-state index in [1.54, 1.807) is 0 Å². The molecule has 0 spiro atoms. The van der Waals surface area contributed by atoms with Gasteiger partial charge in [0.15, 0.2) is 0 Å². The molecule has 5 nitrogen and oxygen atoms in total. The minimum absolute atomic E-state index is 0.0504. The maximum Gasteiger partial charge on any atom is 0.315 e. The van der Waals surface area contributed by atoms with Crippen molar-refractivity contribution in [3.63, 3.8) is 0 Å². The summed E-state index contributed by atoms with van der Waals surface area (Å²) in [7, 11) is 0. The summed E-state index contributed by atoms with van der Waals surface area (Å²) in [6, 6.07) is 7.37. The Morgan fingerprint density at radius 1 is 1.35 bits per heavy atom. The van der Waals surface area contributed by atoms with Gasteiger partial charge in [-0.3, -0.25) is 0 Å². The number of ether oxygens (including phenoxy) is 1. The molecule has 0 fully saturated rings. The summed E-state index contributed by atoms with van der Waals surface area (Å²) in [5.74, 6) is 0.797. The number of carbonyl (C=O) groups excluding carboxylic acids is 1. The number of amides is 2. The Morgan fingerprint density at radius 3 is 2.61 bits per heavy atom. The number of rotatable bonds is 8. The summed E-state index contributed by atoms with van der Waals surface area (Å²) in [6.07, 6.45) is 1.40. The van der Waals surface area contributed by atoms with Crippen LogP contribution in [0.3, 0.4) is 0 Å². The molecule has 0 saturated heterocycles. The highest BCUT2D eigenvalue weighted by molar-refractivity contribution is 5.75. The first kappa shape index (κ1) is 19.3. The summed E-state index contributed by atoms with van der Waals surface area (Å²) in [5, 5.41) is 15.0. The highest BCUT2D eigenvalue weighted by Gasteiger charge is 2.24. The molecule has 5 heteroatoms. The Hall–Kier alpha value is -1.75. The third-order valence-electron chi connectivity index (χ3n) is 3.94. The van der Waals surface area contributed by atoms with Crippen LogP contribution in [0.4, 0.5) is 4.79 Å². The molecular weight excluding hydrogens is 292 g/mol. The summed E-state index contributed by atoms with van der Waals surface area (Å²) in [6.45, 7) is 9.87. The van der Waals surface area contributed by atoms with Gasteiger partial charge in [-0.1, -0.05) is 19.1 Å². The maximum atomic E-state index is 12.2. The second-order valence-corrected chi connectivity index (χ2v) is 6.45. The zero-order chi connectivity index (χ0) is 17.5. The highest BCUT2D eigenvalue weighted by atomic mass is 16.5. The van der Waals surface area contributed by atoms with E-state index in [9.17, 15) is 4.79 Å². The van der Waals surface area contributed by atoms with Gasteiger partial charge in [0, 0.05) is 12.1 Å². The Kier molecular flexibility index (Phi) is 7.36. The number of aliphatic hydroxyl groups is 1. The first-order valence-corrected chi connectivity index (χ1v) is 8.26. The molecule has 0 aromatic heterocycles. The Labute approximate surface area is 139 Å². The fraction of sp³-hybridized carbons (Fsp3) is 0.611. The van der Waals surface area contributed by atoms with Crippen molar-refractivity contribution in [3.05, 3.63) is 29.8 Å². The number of hydrogen-bond acceptors (Lipinski definition) is 3. The van der Waals surface area contributed by atoms with Gasteiger partial charge in [-0.05, 0) is 58.2 Å². The minimum atomic E-state index is -0.402. The van der Waals surface area contributed by atoms with Crippen molar-refractivity contribution in [2.24, 2.45) is 0 Å². The van der Waals surface area contributed by atoms with Crippen LogP contribution in [-0.2, 0) is 0 Å². The van der Waals surface area contributed by atoms with E-state index in [1.165, 1.54) is 0 Å². The van der Waals surface area contributed by atoms with Crippen LogP contribution in [0.1, 0.15) is 59.1 Å². The lowest BCUT2D eigenvalue weighted by atomic mass is 9.95. The van der Waals surface area contributed by atoms with Gasteiger partial charge in [0.05, 0.1) is 12.1 Å². The molecule has 0 aliphatic rings. The Morgan fingerprint density at radius 2 is 2.04 bits per heavy atom. The molecule has 0 saturated carbocycles. The van der Waals surface area contributed by atoms with E-state index in [0.717, 1.165) is 17.7 Å². The van der Waals surface area contributed by atoms with Gasteiger partial charge in [0.1, 0.15) is 5.75 Å². The van der Waals surface area contributed by atoms with E-state index in [0.29, 0.717) is 6.42 Å². The van der Waals surface area contributed by atoms with Crippen molar-refractivity contribution in [1.29, 1.82) is 0 Å². The van der Waals surface area contributed by atoms with Crippen LogP contribution in [-0.4, -0.2) is 29.4 Å². The molecule has 0 aliphatic heterocycles. The highest BCUT2D eigenvalue weighted by Crippen LogP contribution is 2.20. The Bertz CT molecular complexity index is 505. The second-order valence-electron chi connectivity index (χ2n) is 6.45. The predicted molar refractivity (Wildman–Crippen MR) is 92.7 cm³/mol. The van der Waals surface area contributed by atoms with Gasteiger partial charge in [-0.15, -0.1) is 0 Å². The van der Waals surface area contributed by atoms with Crippen LogP contribution >= 0.6 is 0 Å². The van der Waals surface area contributed by atoms with Crippen LogP contribution in [0.15, 0.2) is 24.3 Å². The smallest absolute Gasteiger partial charge is 0.315 e. The van der Waals surface area contributed by atoms with E-state index in [4.69, 9.17) is 9.84 Å². The molecule has 1 rings (SSSR count). The van der Waals surface area contributed by atoms with Crippen molar-refractivity contribution in [2.45, 2.75) is 65.1 Å². The Balaban J connectivity index is 2.68.